The highest BCUT2D eigenvalue weighted by Crippen LogP contribution is 2.27. The third-order valence-electron chi connectivity index (χ3n) is 4.71. The van der Waals surface area contributed by atoms with E-state index in [0.717, 1.165) is 11.1 Å². The van der Waals surface area contributed by atoms with Gasteiger partial charge in [-0.15, -0.1) is 0 Å². The second-order valence-corrected chi connectivity index (χ2v) is 8.59. The lowest BCUT2D eigenvalue weighted by atomic mass is 10.1. The first-order chi connectivity index (χ1) is 12.9. The molecule has 2 aromatic carbocycles. The van der Waals surface area contributed by atoms with Crippen molar-refractivity contribution in [2.75, 3.05) is 13.2 Å². The van der Waals surface area contributed by atoms with Crippen molar-refractivity contribution in [3.05, 3.63) is 78.1 Å². The summed E-state index contributed by atoms with van der Waals surface area (Å²) >= 11 is 0. The molecule has 1 aliphatic rings. The van der Waals surface area contributed by atoms with E-state index in [1.54, 1.807) is 24.3 Å². The van der Waals surface area contributed by atoms with Crippen LogP contribution in [0.1, 0.15) is 18.1 Å². The fourth-order valence-electron chi connectivity index (χ4n) is 3.15. The van der Waals surface area contributed by atoms with E-state index in [4.69, 9.17) is 9.47 Å². The molecule has 144 valence electrons. The Hall–Kier alpha value is -2.15. The standard InChI is InChI=1S/C21H25NO4S/c1-16-9-11-20(12-10-16)27(23,24)22-13-14-25-18(3)21(17(22)2)26-15-19-7-5-4-6-8-19/h4-12,17,21H,3,13-15H2,1-2H3/t17-,21+/m0/s1. The molecule has 0 unspecified atom stereocenters. The number of rotatable bonds is 5. The van der Waals surface area contributed by atoms with Crippen LogP contribution in [-0.2, 0) is 26.1 Å². The molecule has 3 rings (SSSR count). The lowest BCUT2D eigenvalue weighted by Gasteiger charge is -2.30. The van der Waals surface area contributed by atoms with Crippen molar-refractivity contribution in [1.82, 2.24) is 4.31 Å². The highest BCUT2D eigenvalue weighted by molar-refractivity contribution is 7.89. The Labute approximate surface area is 161 Å². The second-order valence-electron chi connectivity index (χ2n) is 6.70. The zero-order valence-corrected chi connectivity index (χ0v) is 16.5. The Kier molecular flexibility index (Phi) is 5.99. The van der Waals surface area contributed by atoms with Gasteiger partial charge in [-0.3, -0.25) is 0 Å². The quantitative estimate of drug-likeness (QED) is 0.788. The molecule has 27 heavy (non-hydrogen) atoms. The van der Waals surface area contributed by atoms with E-state index in [1.807, 2.05) is 44.2 Å². The first-order valence-corrected chi connectivity index (χ1v) is 10.4. The molecular formula is C21H25NO4S. The molecule has 1 fully saturated rings. The van der Waals surface area contributed by atoms with Gasteiger partial charge in [-0.05, 0) is 31.5 Å². The minimum Gasteiger partial charge on any atom is -0.494 e. The first kappa shape index (κ1) is 19.6. The van der Waals surface area contributed by atoms with Gasteiger partial charge in [0.25, 0.3) is 0 Å². The molecule has 1 saturated heterocycles. The summed E-state index contributed by atoms with van der Waals surface area (Å²) in [6.45, 7) is 8.57. The van der Waals surface area contributed by atoms with E-state index < -0.39 is 22.2 Å². The molecule has 0 N–H and O–H groups in total. The van der Waals surface area contributed by atoms with Crippen molar-refractivity contribution < 1.29 is 17.9 Å². The molecule has 0 aliphatic carbocycles. The van der Waals surface area contributed by atoms with Gasteiger partial charge >= 0.3 is 0 Å². The average molecular weight is 388 g/mol. The SMILES string of the molecule is C=C1OCCN(S(=O)(=O)c2ccc(C)cc2)[C@@H](C)[C@H]1OCc1ccccc1. The maximum Gasteiger partial charge on any atom is 0.243 e. The van der Waals surface area contributed by atoms with Gasteiger partial charge in [-0.25, -0.2) is 8.42 Å². The molecule has 5 nitrogen and oxygen atoms in total. The molecule has 0 amide bonds. The minimum atomic E-state index is -3.66. The number of hydrogen-bond donors (Lipinski definition) is 0. The van der Waals surface area contributed by atoms with Crippen LogP contribution in [0.5, 0.6) is 0 Å². The van der Waals surface area contributed by atoms with Crippen LogP contribution in [0.25, 0.3) is 0 Å². The fraction of sp³-hybridized carbons (Fsp3) is 0.333. The highest BCUT2D eigenvalue weighted by Gasteiger charge is 2.38. The van der Waals surface area contributed by atoms with Crippen molar-refractivity contribution >= 4 is 10.0 Å². The molecule has 0 spiro atoms. The third kappa shape index (κ3) is 4.40. The molecule has 1 aliphatic heterocycles. The predicted octanol–water partition coefficient (Wildman–Crippen LogP) is 3.50. The zero-order chi connectivity index (χ0) is 19.4. The van der Waals surface area contributed by atoms with Crippen LogP contribution in [0.3, 0.4) is 0 Å². The minimum absolute atomic E-state index is 0.249. The highest BCUT2D eigenvalue weighted by atomic mass is 32.2. The summed E-state index contributed by atoms with van der Waals surface area (Å²) in [5.74, 6) is 0.458. The van der Waals surface area contributed by atoms with Crippen LogP contribution in [0.2, 0.25) is 0 Å². The Morgan fingerprint density at radius 1 is 1.15 bits per heavy atom. The average Bonchev–Trinajstić information content (AvgIpc) is 2.80. The zero-order valence-electron chi connectivity index (χ0n) is 15.7. The first-order valence-electron chi connectivity index (χ1n) is 8.95. The Morgan fingerprint density at radius 3 is 2.48 bits per heavy atom. The number of hydrogen-bond acceptors (Lipinski definition) is 4. The molecule has 2 aromatic rings. The van der Waals surface area contributed by atoms with Crippen molar-refractivity contribution in [3.8, 4) is 0 Å². The van der Waals surface area contributed by atoms with E-state index in [1.165, 1.54) is 4.31 Å². The van der Waals surface area contributed by atoms with Crippen molar-refractivity contribution in [1.29, 1.82) is 0 Å². The van der Waals surface area contributed by atoms with E-state index in [9.17, 15) is 8.42 Å². The number of sulfonamides is 1. The van der Waals surface area contributed by atoms with Crippen LogP contribution in [0, 0.1) is 6.92 Å². The summed E-state index contributed by atoms with van der Waals surface area (Å²) in [5.41, 5.74) is 2.02. The number of ether oxygens (including phenoxy) is 2. The largest absolute Gasteiger partial charge is 0.494 e. The summed E-state index contributed by atoms with van der Waals surface area (Å²) in [4.78, 5) is 0.272. The summed E-state index contributed by atoms with van der Waals surface area (Å²) in [6.07, 6.45) is -0.548. The summed E-state index contributed by atoms with van der Waals surface area (Å²) in [6, 6.07) is 16.2. The topological polar surface area (TPSA) is 55.8 Å². The van der Waals surface area contributed by atoms with Gasteiger partial charge in [0, 0.05) is 6.54 Å². The lowest BCUT2D eigenvalue weighted by molar-refractivity contribution is 0.00738. The van der Waals surface area contributed by atoms with Crippen LogP contribution in [-0.4, -0.2) is 38.0 Å². The lowest BCUT2D eigenvalue weighted by Crippen LogP contribution is -2.45. The molecule has 0 bridgehead atoms. The van der Waals surface area contributed by atoms with Gasteiger partial charge in [0.1, 0.15) is 18.5 Å². The number of benzene rings is 2. The van der Waals surface area contributed by atoms with Gasteiger partial charge in [-0.1, -0.05) is 54.6 Å². The third-order valence-corrected chi connectivity index (χ3v) is 6.71. The molecule has 0 saturated carbocycles. The van der Waals surface area contributed by atoms with Crippen molar-refractivity contribution in [2.45, 2.75) is 37.5 Å². The van der Waals surface area contributed by atoms with Crippen LogP contribution >= 0.6 is 0 Å². The van der Waals surface area contributed by atoms with Crippen molar-refractivity contribution in [2.24, 2.45) is 0 Å². The molecule has 0 aromatic heterocycles. The van der Waals surface area contributed by atoms with Gasteiger partial charge in [0.05, 0.1) is 17.5 Å². The smallest absolute Gasteiger partial charge is 0.243 e. The van der Waals surface area contributed by atoms with Crippen LogP contribution in [0.4, 0.5) is 0 Å². The maximum atomic E-state index is 13.2. The Bertz CT molecular complexity index is 878. The molecule has 6 heteroatoms. The normalized spacial score (nSPS) is 21.5. The molecule has 2 atom stereocenters. The molecule has 0 radical (unpaired) electrons. The van der Waals surface area contributed by atoms with E-state index in [0.29, 0.717) is 12.4 Å². The second kappa shape index (κ2) is 8.25. The Morgan fingerprint density at radius 2 is 1.81 bits per heavy atom. The monoisotopic (exact) mass is 387 g/mol. The van der Waals surface area contributed by atoms with E-state index in [2.05, 4.69) is 6.58 Å². The summed E-state index contributed by atoms with van der Waals surface area (Å²) < 4.78 is 39.4. The number of aryl methyl sites for hydroxylation is 1. The molecular weight excluding hydrogens is 362 g/mol. The van der Waals surface area contributed by atoms with E-state index >= 15 is 0 Å². The van der Waals surface area contributed by atoms with Crippen LogP contribution in [0.15, 0.2) is 71.8 Å². The van der Waals surface area contributed by atoms with Crippen LogP contribution < -0.4 is 0 Å². The predicted molar refractivity (Wildman–Crippen MR) is 105 cm³/mol. The van der Waals surface area contributed by atoms with Gasteiger partial charge in [-0.2, -0.15) is 4.31 Å². The number of nitrogens with zero attached hydrogens (tertiary/aromatic N) is 1. The van der Waals surface area contributed by atoms with Gasteiger partial charge in [0.15, 0.2) is 0 Å². The van der Waals surface area contributed by atoms with E-state index in [-0.39, 0.29) is 18.0 Å². The molecule has 1 heterocycles. The fourth-order valence-corrected chi connectivity index (χ4v) is 4.76. The van der Waals surface area contributed by atoms with Gasteiger partial charge in [0.2, 0.25) is 10.0 Å². The maximum absolute atomic E-state index is 13.2. The van der Waals surface area contributed by atoms with Gasteiger partial charge < -0.3 is 9.47 Å². The Balaban J connectivity index is 1.83. The summed E-state index contributed by atoms with van der Waals surface area (Å²) in [5, 5.41) is 0. The van der Waals surface area contributed by atoms with Crippen molar-refractivity contribution in [3.63, 3.8) is 0 Å². The summed E-state index contributed by atoms with van der Waals surface area (Å²) in [7, 11) is -3.66.